The lowest BCUT2D eigenvalue weighted by molar-refractivity contribution is 0.00651. The molecule has 1 amide bonds. The van der Waals surface area contributed by atoms with E-state index in [9.17, 15) is 9.90 Å². The summed E-state index contributed by atoms with van der Waals surface area (Å²) < 4.78 is 5.66. The molecule has 3 aromatic carbocycles. The Kier molecular flexibility index (Phi) is 6.35. The summed E-state index contributed by atoms with van der Waals surface area (Å²) in [6.45, 7) is 0.246. The van der Waals surface area contributed by atoms with Crippen molar-refractivity contribution >= 4 is 6.09 Å². The minimum absolute atomic E-state index is 0.00416. The van der Waals surface area contributed by atoms with Crippen LogP contribution in [0.15, 0.2) is 78.9 Å². The molecule has 0 aliphatic heterocycles. The van der Waals surface area contributed by atoms with Gasteiger partial charge < -0.3 is 15.2 Å². The summed E-state index contributed by atoms with van der Waals surface area (Å²) in [4.78, 5) is 14.4. The first-order valence-corrected chi connectivity index (χ1v) is 10.5. The Bertz CT molecular complexity index is 990. The molecule has 0 unspecified atom stereocenters. The Morgan fingerprint density at radius 2 is 1.48 bits per heavy atom. The largest absolute Gasteiger partial charge is 0.449 e. The van der Waals surface area contributed by atoms with Crippen molar-refractivity contribution in [1.82, 2.24) is 10.2 Å². The van der Waals surface area contributed by atoms with Gasteiger partial charge in [0, 0.05) is 5.92 Å². The van der Waals surface area contributed by atoms with Crippen molar-refractivity contribution in [1.29, 1.82) is 0 Å². The summed E-state index contributed by atoms with van der Waals surface area (Å²) in [6.07, 6.45) is -0.853. The number of fused-ring (bicyclic) bond motifs is 3. The summed E-state index contributed by atoms with van der Waals surface area (Å²) >= 11 is 0. The zero-order chi connectivity index (χ0) is 21.8. The zero-order valence-electron chi connectivity index (χ0n) is 17.9. The van der Waals surface area contributed by atoms with E-state index in [2.05, 4.69) is 29.6 Å². The Morgan fingerprint density at radius 1 is 0.935 bits per heavy atom. The number of carbonyl (C=O) groups excluding carboxylic acids is 1. The predicted octanol–water partition coefficient (Wildman–Crippen LogP) is 4.02. The molecule has 0 heterocycles. The summed E-state index contributed by atoms with van der Waals surface area (Å²) in [5.41, 5.74) is 5.76. The number of hydrogen-bond acceptors (Lipinski definition) is 4. The number of nitrogens with one attached hydrogen (secondary N) is 1. The van der Waals surface area contributed by atoms with E-state index >= 15 is 0 Å². The number of carbonyl (C=O) groups is 1. The molecule has 31 heavy (non-hydrogen) atoms. The average Bonchev–Trinajstić information content (AvgIpc) is 3.11. The minimum Gasteiger partial charge on any atom is -0.449 e. The van der Waals surface area contributed by atoms with Crippen LogP contribution < -0.4 is 5.32 Å². The SMILES string of the molecule is CN(C)[C@@H](O)[C@H](Cc1ccccc1)NC(=O)OCC1c2ccccc2-c2ccccc21. The average molecular weight is 417 g/mol. The van der Waals surface area contributed by atoms with Gasteiger partial charge in [0.1, 0.15) is 12.8 Å². The maximum atomic E-state index is 12.7. The minimum atomic E-state index is -0.833. The van der Waals surface area contributed by atoms with E-state index in [-0.39, 0.29) is 12.5 Å². The topological polar surface area (TPSA) is 61.8 Å². The van der Waals surface area contributed by atoms with Crippen LogP contribution in [0, 0.1) is 0 Å². The fraction of sp³-hybridized carbons (Fsp3) is 0.269. The molecule has 1 aliphatic carbocycles. The molecule has 0 saturated carbocycles. The molecule has 0 aromatic heterocycles. The van der Waals surface area contributed by atoms with Crippen LogP contribution in [0.5, 0.6) is 0 Å². The predicted molar refractivity (Wildman–Crippen MR) is 122 cm³/mol. The van der Waals surface area contributed by atoms with Crippen molar-refractivity contribution in [3.05, 3.63) is 95.6 Å². The van der Waals surface area contributed by atoms with Crippen molar-refractivity contribution < 1.29 is 14.6 Å². The van der Waals surface area contributed by atoms with Crippen molar-refractivity contribution in [2.24, 2.45) is 0 Å². The fourth-order valence-electron chi connectivity index (χ4n) is 4.25. The van der Waals surface area contributed by atoms with Crippen LogP contribution in [-0.4, -0.2) is 49.1 Å². The van der Waals surface area contributed by atoms with Gasteiger partial charge in [-0.3, -0.25) is 4.90 Å². The highest BCUT2D eigenvalue weighted by atomic mass is 16.5. The first-order chi connectivity index (χ1) is 15.0. The van der Waals surface area contributed by atoms with Crippen LogP contribution in [-0.2, 0) is 11.2 Å². The van der Waals surface area contributed by atoms with Crippen LogP contribution in [0.4, 0.5) is 4.79 Å². The van der Waals surface area contributed by atoms with E-state index in [0.29, 0.717) is 6.42 Å². The van der Waals surface area contributed by atoms with Crippen LogP contribution in [0.3, 0.4) is 0 Å². The highest BCUT2D eigenvalue weighted by Crippen LogP contribution is 2.44. The number of aliphatic hydroxyl groups is 1. The molecule has 5 nitrogen and oxygen atoms in total. The maximum absolute atomic E-state index is 12.7. The molecule has 0 radical (unpaired) electrons. The number of amides is 1. The molecule has 160 valence electrons. The molecule has 2 N–H and O–H groups in total. The number of aliphatic hydroxyl groups excluding tert-OH is 1. The number of benzene rings is 3. The van der Waals surface area contributed by atoms with Crippen molar-refractivity contribution in [3.8, 4) is 11.1 Å². The molecule has 0 bridgehead atoms. The monoisotopic (exact) mass is 416 g/mol. The number of likely N-dealkylation sites (N-methyl/N-ethyl adjacent to an activating group) is 1. The molecule has 0 spiro atoms. The molecule has 0 saturated heterocycles. The second kappa shape index (κ2) is 9.33. The highest BCUT2D eigenvalue weighted by molar-refractivity contribution is 5.79. The van der Waals surface area contributed by atoms with Gasteiger partial charge in [-0.25, -0.2) is 4.79 Å². The van der Waals surface area contributed by atoms with Crippen molar-refractivity contribution in [3.63, 3.8) is 0 Å². The first kappa shape index (κ1) is 21.1. The van der Waals surface area contributed by atoms with Crippen LogP contribution in [0.2, 0.25) is 0 Å². The summed E-state index contributed by atoms with van der Waals surface area (Å²) in [5, 5.41) is 13.5. The van der Waals surface area contributed by atoms with Gasteiger partial charge in [0.25, 0.3) is 0 Å². The number of nitrogens with zero attached hydrogens (tertiary/aromatic N) is 1. The van der Waals surface area contributed by atoms with Gasteiger partial charge in [0.15, 0.2) is 0 Å². The standard InChI is InChI=1S/C26H28N2O3/c1-28(2)25(29)24(16-18-10-4-3-5-11-18)27-26(30)31-17-23-21-14-8-6-12-19(21)20-13-7-9-15-22(20)23/h3-15,23-25,29H,16-17H2,1-2H3,(H,27,30)/t24-,25-/m0/s1. The van der Waals surface area contributed by atoms with Gasteiger partial charge in [-0.15, -0.1) is 0 Å². The van der Waals surface area contributed by atoms with Crippen molar-refractivity contribution in [2.45, 2.75) is 24.6 Å². The summed E-state index contributed by atoms with van der Waals surface area (Å²) in [7, 11) is 3.56. The number of hydrogen-bond donors (Lipinski definition) is 2. The smallest absolute Gasteiger partial charge is 0.407 e. The van der Waals surface area contributed by atoms with E-state index < -0.39 is 18.4 Å². The Morgan fingerprint density at radius 3 is 2.06 bits per heavy atom. The molecule has 0 fully saturated rings. The van der Waals surface area contributed by atoms with Gasteiger partial charge in [-0.05, 0) is 48.3 Å². The van der Waals surface area contributed by atoms with Gasteiger partial charge in [0.2, 0.25) is 0 Å². The maximum Gasteiger partial charge on any atom is 0.407 e. The first-order valence-electron chi connectivity index (χ1n) is 10.5. The lowest BCUT2D eigenvalue weighted by Gasteiger charge is -2.28. The highest BCUT2D eigenvalue weighted by Gasteiger charge is 2.30. The second-order valence-electron chi connectivity index (χ2n) is 8.14. The van der Waals surface area contributed by atoms with Gasteiger partial charge in [0.05, 0.1) is 6.04 Å². The molecular weight excluding hydrogens is 388 g/mol. The number of ether oxygens (including phenoxy) is 1. The molecule has 3 aromatic rings. The Labute approximate surface area is 183 Å². The molecule has 1 aliphatic rings. The molecule has 5 heteroatoms. The fourth-order valence-corrected chi connectivity index (χ4v) is 4.25. The molecule has 2 atom stereocenters. The lowest BCUT2D eigenvalue weighted by Crippen LogP contribution is -2.50. The van der Waals surface area contributed by atoms with Gasteiger partial charge in [-0.2, -0.15) is 0 Å². The third kappa shape index (κ3) is 4.63. The Balaban J connectivity index is 1.45. The van der Waals surface area contributed by atoms with Crippen LogP contribution in [0.1, 0.15) is 22.6 Å². The number of rotatable bonds is 7. The van der Waals surface area contributed by atoms with E-state index in [4.69, 9.17) is 4.74 Å². The van der Waals surface area contributed by atoms with E-state index in [1.54, 1.807) is 19.0 Å². The molecule has 4 rings (SSSR count). The lowest BCUT2D eigenvalue weighted by atomic mass is 9.98. The summed E-state index contributed by atoms with van der Waals surface area (Å²) in [6, 6.07) is 25.8. The van der Waals surface area contributed by atoms with E-state index in [1.165, 1.54) is 22.3 Å². The Hall–Kier alpha value is -3.15. The van der Waals surface area contributed by atoms with E-state index in [0.717, 1.165) is 5.56 Å². The van der Waals surface area contributed by atoms with Crippen LogP contribution >= 0.6 is 0 Å². The van der Waals surface area contributed by atoms with Gasteiger partial charge >= 0.3 is 6.09 Å². The third-order valence-electron chi connectivity index (χ3n) is 5.83. The zero-order valence-corrected chi connectivity index (χ0v) is 17.9. The third-order valence-corrected chi connectivity index (χ3v) is 5.83. The summed E-state index contributed by atoms with van der Waals surface area (Å²) in [5.74, 6) is 0.00416. The van der Waals surface area contributed by atoms with E-state index in [1.807, 2.05) is 54.6 Å². The quantitative estimate of drug-likeness (QED) is 0.571. The van der Waals surface area contributed by atoms with Crippen LogP contribution in [0.25, 0.3) is 11.1 Å². The normalized spacial score (nSPS) is 14.6. The number of alkyl carbamates (subject to hydrolysis) is 1. The second-order valence-corrected chi connectivity index (χ2v) is 8.14. The van der Waals surface area contributed by atoms with Gasteiger partial charge in [-0.1, -0.05) is 78.9 Å². The molecular formula is C26H28N2O3. The van der Waals surface area contributed by atoms with Crippen molar-refractivity contribution in [2.75, 3.05) is 20.7 Å².